The van der Waals surface area contributed by atoms with Crippen LogP contribution < -0.4 is 43.7 Å². The lowest BCUT2D eigenvalue weighted by molar-refractivity contribution is -0.755. The summed E-state index contributed by atoms with van der Waals surface area (Å²) in [6, 6.07) is 8.02. The second-order valence-electron chi connectivity index (χ2n) is 19.5. The number of nitrogens with one attached hydrogen (secondary N) is 2. The number of benzene rings is 2. The van der Waals surface area contributed by atoms with Gasteiger partial charge in [-0.1, -0.05) is 70.6 Å². The van der Waals surface area contributed by atoms with Gasteiger partial charge in [0.2, 0.25) is 11.5 Å². The van der Waals surface area contributed by atoms with Crippen LogP contribution in [-0.2, 0) is 75.9 Å². The summed E-state index contributed by atoms with van der Waals surface area (Å²) in [5.41, 5.74) is 3.30. The predicted octanol–water partition coefficient (Wildman–Crippen LogP) is 8.23. The first-order chi connectivity index (χ1) is 39.5. The van der Waals surface area contributed by atoms with Crippen LogP contribution in [0.4, 0.5) is 0 Å². The molecule has 0 fully saturated rings. The minimum Gasteiger partial charge on any atom is -0.493 e. The summed E-state index contributed by atoms with van der Waals surface area (Å²) in [6.07, 6.45) is 21.8. The molecular weight excluding hydrogens is 1030 g/mol. The number of methoxy groups -OCH3 is 6. The summed E-state index contributed by atoms with van der Waals surface area (Å²) in [4.78, 5) is 0. The van der Waals surface area contributed by atoms with Crippen LogP contribution in [0, 0.1) is 0 Å². The van der Waals surface area contributed by atoms with E-state index in [0.717, 1.165) is 81.8 Å². The zero-order chi connectivity index (χ0) is 57.2. The van der Waals surface area contributed by atoms with Crippen LogP contribution in [0.3, 0.4) is 0 Å². The second kappa shape index (κ2) is 49.5. The van der Waals surface area contributed by atoms with E-state index >= 15 is 0 Å². The molecule has 1 heterocycles. The Morgan fingerprint density at radius 3 is 1.10 bits per heavy atom. The molecule has 0 aliphatic heterocycles. The molecule has 0 spiro atoms. The Morgan fingerprint density at radius 1 is 0.388 bits per heavy atom. The quantitative estimate of drug-likeness (QED) is 0.0407. The Bertz CT molecular complexity index is 1860. The normalized spacial score (nSPS) is 11.4. The minimum atomic E-state index is 0.370. The van der Waals surface area contributed by atoms with E-state index in [9.17, 15) is 0 Å². The first-order valence-electron chi connectivity index (χ1n) is 29.6. The van der Waals surface area contributed by atoms with Gasteiger partial charge in [0, 0.05) is 33.9 Å². The molecule has 0 amide bonds. The maximum absolute atomic E-state index is 6.05. The van der Waals surface area contributed by atoms with Gasteiger partial charge in [-0.2, -0.15) is 0 Å². The number of nitrogens with zero attached hydrogens (tertiary/aromatic N) is 3. The molecule has 2 aromatic carbocycles. The lowest BCUT2D eigenvalue weighted by Crippen LogP contribution is -2.35. The van der Waals surface area contributed by atoms with Crippen molar-refractivity contribution in [1.82, 2.24) is 20.5 Å². The molecule has 0 radical (unpaired) electrons. The molecule has 3 rings (SSSR count). The number of ether oxygens (including phenoxy) is 15. The molecule has 460 valence electrons. The zero-order valence-electron chi connectivity index (χ0n) is 50.4. The van der Waals surface area contributed by atoms with Crippen molar-refractivity contribution in [2.45, 2.75) is 129 Å². The van der Waals surface area contributed by atoms with Gasteiger partial charge in [0.15, 0.2) is 34.9 Å². The first kappa shape index (κ1) is 70.2. The van der Waals surface area contributed by atoms with Gasteiger partial charge in [-0.05, 0) is 80.6 Å². The Kier molecular flexibility index (Phi) is 43.5. The fourth-order valence-corrected chi connectivity index (χ4v) is 8.62. The third kappa shape index (κ3) is 33.8. The van der Waals surface area contributed by atoms with Crippen LogP contribution in [0.15, 0.2) is 30.5 Å². The van der Waals surface area contributed by atoms with Crippen LogP contribution in [0.1, 0.15) is 120 Å². The summed E-state index contributed by atoms with van der Waals surface area (Å²) in [5.74, 6) is 3.74. The molecule has 1 aromatic heterocycles. The monoisotopic (exact) mass is 1140 g/mol. The van der Waals surface area contributed by atoms with Crippen molar-refractivity contribution in [3.8, 4) is 34.5 Å². The Balaban J connectivity index is 1.10. The number of unbranched alkanes of at least 4 members (excludes halogenated alkanes) is 14. The fourth-order valence-electron chi connectivity index (χ4n) is 8.62. The first-order valence-corrected chi connectivity index (χ1v) is 29.6. The van der Waals surface area contributed by atoms with Crippen molar-refractivity contribution in [2.24, 2.45) is 7.05 Å². The molecular formula is C60H106N5O15+. The Morgan fingerprint density at radius 2 is 0.725 bits per heavy atom. The van der Waals surface area contributed by atoms with E-state index in [1.165, 1.54) is 77.0 Å². The molecule has 0 unspecified atom stereocenters. The molecule has 0 saturated carbocycles. The summed E-state index contributed by atoms with van der Waals surface area (Å²) in [6.45, 7) is 13.7. The number of hydrogen-bond acceptors (Lipinski definition) is 18. The topological polar surface area (TPSA) is 184 Å². The molecule has 0 atom stereocenters. The summed E-state index contributed by atoms with van der Waals surface area (Å²) in [5, 5.41) is 11.8. The third-order valence-corrected chi connectivity index (χ3v) is 13.1. The van der Waals surface area contributed by atoms with Crippen molar-refractivity contribution in [2.75, 3.05) is 168 Å². The van der Waals surface area contributed by atoms with E-state index < -0.39 is 0 Å². The smallest absolute Gasteiger partial charge is 0.203 e. The average molecular weight is 1140 g/mol. The summed E-state index contributed by atoms with van der Waals surface area (Å²) < 4.78 is 87.7. The van der Waals surface area contributed by atoms with Crippen LogP contribution in [0.2, 0.25) is 0 Å². The van der Waals surface area contributed by atoms with E-state index in [0.29, 0.717) is 147 Å². The number of aromatic nitrogens is 3. The van der Waals surface area contributed by atoms with Crippen LogP contribution in [0.5, 0.6) is 34.5 Å². The van der Waals surface area contributed by atoms with Crippen molar-refractivity contribution >= 4 is 0 Å². The number of rotatable bonds is 58. The highest BCUT2D eigenvalue weighted by Gasteiger charge is 2.17. The molecule has 0 bridgehead atoms. The van der Waals surface area contributed by atoms with E-state index in [1.807, 2.05) is 36.0 Å². The maximum Gasteiger partial charge on any atom is 0.203 e. The molecule has 20 nitrogen and oxygen atoms in total. The van der Waals surface area contributed by atoms with Gasteiger partial charge in [0.1, 0.15) is 33.4 Å². The highest BCUT2D eigenvalue weighted by Crippen LogP contribution is 2.39. The second-order valence-corrected chi connectivity index (χ2v) is 19.5. The van der Waals surface area contributed by atoms with Crippen molar-refractivity contribution in [1.29, 1.82) is 0 Å². The molecule has 80 heavy (non-hydrogen) atoms. The molecule has 0 saturated heterocycles. The van der Waals surface area contributed by atoms with E-state index in [1.54, 1.807) is 42.7 Å². The van der Waals surface area contributed by atoms with Crippen molar-refractivity contribution in [3.63, 3.8) is 0 Å². The van der Waals surface area contributed by atoms with E-state index in [4.69, 9.17) is 76.3 Å². The third-order valence-electron chi connectivity index (χ3n) is 13.1. The number of aryl methyl sites for hydroxylation is 2. The fraction of sp³-hybridized carbons (Fsp3) is 0.767. The Labute approximate surface area is 480 Å². The SMILES string of the molecule is COCCOCCOCCOCCOc1c(OC)cc(CNCCCCCCCCCCOCc2c[n+](CCCCCCCCCCNCc3cc(OC)c(OCCOCCOCCOCCOC)c(OC)c3)nn2C)cc1OC. The van der Waals surface area contributed by atoms with Crippen LogP contribution in [-0.4, -0.2) is 178 Å². The molecule has 0 aliphatic carbocycles. The highest BCUT2D eigenvalue weighted by atomic mass is 16.6. The van der Waals surface area contributed by atoms with E-state index in [-0.39, 0.29) is 0 Å². The predicted molar refractivity (Wildman–Crippen MR) is 309 cm³/mol. The zero-order valence-corrected chi connectivity index (χ0v) is 50.4. The van der Waals surface area contributed by atoms with Gasteiger partial charge < -0.3 is 81.7 Å². The van der Waals surface area contributed by atoms with Crippen LogP contribution in [0.25, 0.3) is 0 Å². The minimum absolute atomic E-state index is 0.370. The standard InChI is InChI=1S/C60H106N5O15/c1-64-54(51-78-27-23-19-15-11-9-13-17-21-25-62-49-53-46-57(70-6)60(58(47-53)71-7)80-43-41-77-39-37-75-35-33-73-31-29-67-3)50-65(63-64)26-22-18-14-10-8-12-16-20-24-61-48-52-44-55(68-4)59(56(45-52)69-5)79-42-40-76-38-36-74-34-32-72-30-28-66-2/h44-47,50,61-62H,8-43,48-49,51H2,1-7H3/q+1. The molecule has 20 heteroatoms. The molecule has 2 N–H and O–H groups in total. The molecule has 0 aliphatic rings. The number of hydrogen-bond donors (Lipinski definition) is 2. The average Bonchev–Trinajstić information content (AvgIpc) is 3.83. The van der Waals surface area contributed by atoms with Gasteiger partial charge in [-0.15, -0.1) is 9.36 Å². The largest absolute Gasteiger partial charge is 0.493 e. The van der Waals surface area contributed by atoms with E-state index in [2.05, 4.69) is 21.5 Å². The summed E-state index contributed by atoms with van der Waals surface area (Å²) in [7, 11) is 11.9. The Hall–Kier alpha value is -4.06. The van der Waals surface area contributed by atoms with Gasteiger partial charge >= 0.3 is 0 Å². The molecule has 3 aromatic rings. The maximum atomic E-state index is 6.05. The van der Waals surface area contributed by atoms with Crippen molar-refractivity contribution < 1.29 is 75.7 Å². The lowest BCUT2D eigenvalue weighted by atomic mass is 10.1. The van der Waals surface area contributed by atoms with Crippen molar-refractivity contribution in [3.05, 3.63) is 47.3 Å². The van der Waals surface area contributed by atoms with Crippen LogP contribution >= 0.6 is 0 Å². The summed E-state index contributed by atoms with van der Waals surface area (Å²) >= 11 is 0. The van der Waals surface area contributed by atoms with Gasteiger partial charge in [0.25, 0.3) is 0 Å². The van der Waals surface area contributed by atoms with Gasteiger partial charge in [-0.3, -0.25) is 0 Å². The highest BCUT2D eigenvalue weighted by molar-refractivity contribution is 5.54. The lowest BCUT2D eigenvalue weighted by Gasteiger charge is -2.16. The van der Waals surface area contributed by atoms with Gasteiger partial charge in [-0.25, -0.2) is 0 Å². The van der Waals surface area contributed by atoms with Gasteiger partial charge in [0.05, 0.1) is 126 Å².